The molecule has 2 aliphatic carbocycles. The van der Waals surface area contributed by atoms with Gasteiger partial charge in [-0.1, -0.05) is 64.1 Å². The van der Waals surface area contributed by atoms with Gasteiger partial charge < -0.3 is 24.4 Å². The Morgan fingerprint density at radius 2 is 1.62 bits per heavy atom. The molecule has 2 N–H and O–H groups in total. The van der Waals surface area contributed by atoms with Gasteiger partial charge in [0.1, 0.15) is 12.2 Å². The first-order valence-corrected chi connectivity index (χ1v) is 13.5. The lowest BCUT2D eigenvalue weighted by molar-refractivity contribution is -0.195. The summed E-state index contributed by atoms with van der Waals surface area (Å²) in [5.41, 5.74) is -1.17. The molecule has 0 aromatic heterocycles. The summed E-state index contributed by atoms with van der Waals surface area (Å²) in [7, 11) is 0. The third-order valence-corrected chi connectivity index (χ3v) is 8.06. The molecule has 8 heteroatoms. The zero-order chi connectivity index (χ0) is 29.1. The van der Waals surface area contributed by atoms with Crippen molar-refractivity contribution in [2.24, 2.45) is 23.2 Å². The van der Waals surface area contributed by atoms with E-state index in [2.05, 4.69) is 0 Å². The van der Waals surface area contributed by atoms with E-state index in [-0.39, 0.29) is 18.8 Å². The third-order valence-electron chi connectivity index (χ3n) is 8.06. The van der Waals surface area contributed by atoms with Gasteiger partial charge in [0.2, 0.25) is 0 Å². The fourth-order valence-electron chi connectivity index (χ4n) is 5.86. The molecule has 1 fully saturated rings. The molecule has 2 aliphatic rings. The standard InChI is InChI=1S/C31H42O8/c1-18-13-14-30(6,7)26(35)16-25(34)19(2)15-24-27(38-29(36)23-11-9-8-10-12-23)20(3)17-31(24,39-22(5)33)28(18)37-21(4)32/h8-15,18,20,24-28,34-35H,16-17H2,1-7H3/b14-13-,19-15+/t18-,20+,24-,25+,26+,27-,28-,31+/m0/s1. The number of ether oxygens (including phenoxy) is 3. The Morgan fingerprint density at radius 1 is 0.974 bits per heavy atom. The molecule has 1 aromatic carbocycles. The molecule has 0 amide bonds. The van der Waals surface area contributed by atoms with Gasteiger partial charge in [0.25, 0.3) is 0 Å². The Balaban J connectivity index is 2.22. The van der Waals surface area contributed by atoms with Crippen LogP contribution < -0.4 is 0 Å². The Kier molecular flexibility index (Phi) is 9.44. The van der Waals surface area contributed by atoms with E-state index in [9.17, 15) is 24.6 Å². The lowest BCUT2D eigenvalue weighted by Gasteiger charge is -2.43. The molecule has 0 radical (unpaired) electrons. The van der Waals surface area contributed by atoms with E-state index in [0.29, 0.717) is 11.1 Å². The predicted molar refractivity (Wildman–Crippen MR) is 145 cm³/mol. The largest absolute Gasteiger partial charge is 0.458 e. The van der Waals surface area contributed by atoms with Crippen LogP contribution in [0.15, 0.2) is 54.1 Å². The van der Waals surface area contributed by atoms with Crippen LogP contribution in [-0.4, -0.2) is 58.1 Å². The lowest BCUT2D eigenvalue weighted by atomic mass is 9.75. The van der Waals surface area contributed by atoms with Crippen molar-refractivity contribution in [1.82, 2.24) is 0 Å². The van der Waals surface area contributed by atoms with Crippen LogP contribution in [0.4, 0.5) is 0 Å². The van der Waals surface area contributed by atoms with E-state index < -0.39 is 65.2 Å². The number of carbonyl (C=O) groups is 3. The Morgan fingerprint density at radius 3 is 2.21 bits per heavy atom. The van der Waals surface area contributed by atoms with Crippen molar-refractivity contribution in [3.63, 3.8) is 0 Å². The number of hydrogen-bond donors (Lipinski definition) is 2. The minimum atomic E-state index is -1.38. The zero-order valence-corrected chi connectivity index (χ0v) is 23.9. The summed E-state index contributed by atoms with van der Waals surface area (Å²) in [5.74, 6) is -3.11. The topological polar surface area (TPSA) is 119 Å². The lowest BCUT2D eigenvalue weighted by Crippen LogP contribution is -2.55. The minimum Gasteiger partial charge on any atom is -0.458 e. The minimum absolute atomic E-state index is 0.0821. The summed E-state index contributed by atoms with van der Waals surface area (Å²) in [6.07, 6.45) is 2.23. The number of fused-ring (bicyclic) bond motifs is 1. The first-order valence-electron chi connectivity index (χ1n) is 13.5. The van der Waals surface area contributed by atoms with Crippen molar-refractivity contribution in [2.75, 3.05) is 0 Å². The van der Waals surface area contributed by atoms with Gasteiger partial charge in [-0.25, -0.2) is 4.79 Å². The maximum absolute atomic E-state index is 13.2. The van der Waals surface area contributed by atoms with Crippen molar-refractivity contribution in [3.8, 4) is 0 Å². The fraction of sp³-hybridized carbons (Fsp3) is 0.581. The van der Waals surface area contributed by atoms with Gasteiger partial charge in [0.05, 0.1) is 23.7 Å². The van der Waals surface area contributed by atoms with E-state index in [0.717, 1.165) is 0 Å². The van der Waals surface area contributed by atoms with Crippen molar-refractivity contribution < 1.29 is 38.8 Å². The summed E-state index contributed by atoms with van der Waals surface area (Å²) in [4.78, 5) is 38.2. The van der Waals surface area contributed by atoms with Crippen LogP contribution in [0.25, 0.3) is 0 Å². The quantitative estimate of drug-likeness (QED) is 0.327. The van der Waals surface area contributed by atoms with Crippen LogP contribution in [-0.2, 0) is 23.8 Å². The number of hydrogen-bond acceptors (Lipinski definition) is 8. The summed E-state index contributed by atoms with van der Waals surface area (Å²) in [5, 5.41) is 22.0. The molecule has 0 aliphatic heterocycles. The number of esters is 3. The van der Waals surface area contributed by atoms with Gasteiger partial charge in [0.15, 0.2) is 5.60 Å². The normalized spacial score (nSPS) is 36.6. The van der Waals surface area contributed by atoms with E-state index in [1.807, 2.05) is 39.8 Å². The van der Waals surface area contributed by atoms with Crippen molar-refractivity contribution in [1.29, 1.82) is 0 Å². The number of carbonyl (C=O) groups excluding carboxylic acids is 3. The molecule has 8 atom stereocenters. The molecular formula is C31H42O8. The zero-order valence-electron chi connectivity index (χ0n) is 23.9. The smallest absolute Gasteiger partial charge is 0.338 e. The molecule has 0 saturated heterocycles. The first kappa shape index (κ1) is 30.6. The highest BCUT2D eigenvalue weighted by atomic mass is 16.6. The van der Waals surface area contributed by atoms with E-state index in [1.54, 1.807) is 43.3 Å². The van der Waals surface area contributed by atoms with Crippen molar-refractivity contribution >= 4 is 17.9 Å². The maximum atomic E-state index is 13.2. The maximum Gasteiger partial charge on any atom is 0.338 e. The average Bonchev–Trinajstić information content (AvgIpc) is 3.10. The third kappa shape index (κ3) is 6.79. The van der Waals surface area contributed by atoms with Gasteiger partial charge in [-0.05, 0) is 37.0 Å². The molecule has 0 spiro atoms. The monoisotopic (exact) mass is 542 g/mol. The molecule has 0 heterocycles. The van der Waals surface area contributed by atoms with Crippen molar-refractivity contribution in [2.45, 2.75) is 91.3 Å². The highest BCUT2D eigenvalue weighted by Crippen LogP contribution is 2.51. The first-order chi connectivity index (χ1) is 18.2. The Bertz CT molecular complexity index is 1110. The molecule has 0 bridgehead atoms. The molecule has 1 saturated carbocycles. The highest BCUT2D eigenvalue weighted by molar-refractivity contribution is 5.89. The Labute approximate surface area is 231 Å². The molecule has 214 valence electrons. The van der Waals surface area contributed by atoms with Crippen molar-refractivity contribution in [3.05, 3.63) is 59.7 Å². The number of rotatable bonds is 4. The van der Waals surface area contributed by atoms with Gasteiger partial charge >= 0.3 is 17.9 Å². The fourth-order valence-corrected chi connectivity index (χ4v) is 5.86. The van der Waals surface area contributed by atoms with E-state index in [1.165, 1.54) is 13.8 Å². The molecule has 0 unspecified atom stereocenters. The molecule has 3 rings (SSSR count). The summed E-state index contributed by atoms with van der Waals surface area (Å²) in [6, 6.07) is 8.60. The highest BCUT2D eigenvalue weighted by Gasteiger charge is 2.62. The van der Waals surface area contributed by atoms with Crippen LogP contribution in [0.5, 0.6) is 0 Å². The van der Waals surface area contributed by atoms with Crippen LogP contribution in [0.3, 0.4) is 0 Å². The predicted octanol–water partition coefficient (Wildman–Crippen LogP) is 4.39. The van der Waals surface area contributed by atoms with Gasteiger partial charge in [0, 0.05) is 31.6 Å². The van der Waals surface area contributed by atoms with Gasteiger partial charge in [-0.3, -0.25) is 9.59 Å². The van der Waals surface area contributed by atoms with Crippen LogP contribution >= 0.6 is 0 Å². The summed E-state index contributed by atoms with van der Waals surface area (Å²) >= 11 is 0. The molecule has 8 nitrogen and oxygen atoms in total. The van der Waals surface area contributed by atoms with Crippen LogP contribution in [0, 0.1) is 23.2 Å². The summed E-state index contributed by atoms with van der Waals surface area (Å²) < 4.78 is 18.1. The number of aliphatic hydroxyl groups excluding tert-OH is 2. The van der Waals surface area contributed by atoms with E-state index >= 15 is 0 Å². The van der Waals surface area contributed by atoms with Gasteiger partial charge in [-0.15, -0.1) is 0 Å². The average molecular weight is 543 g/mol. The molecular weight excluding hydrogens is 500 g/mol. The summed E-state index contributed by atoms with van der Waals surface area (Å²) in [6.45, 7) is 11.8. The SMILES string of the molecule is CC(=O)O[C@H]1[C@@H](C)/C=C\C(C)(C)[C@H](O)C[C@@H](O)/C(C)=C/[C@H]2[C@@H](OC(=O)c3ccccc3)[C@H](C)C[C@@]21OC(C)=O. The van der Waals surface area contributed by atoms with Gasteiger partial charge in [-0.2, -0.15) is 0 Å². The second kappa shape index (κ2) is 12.0. The number of aliphatic hydroxyl groups is 2. The number of benzene rings is 1. The Hall–Kier alpha value is -2.97. The van der Waals surface area contributed by atoms with Crippen LogP contribution in [0.1, 0.15) is 71.7 Å². The second-order valence-corrected chi connectivity index (χ2v) is 11.7. The van der Waals surface area contributed by atoms with Crippen LogP contribution in [0.2, 0.25) is 0 Å². The molecule has 39 heavy (non-hydrogen) atoms. The second-order valence-electron chi connectivity index (χ2n) is 11.7. The van der Waals surface area contributed by atoms with E-state index in [4.69, 9.17) is 14.2 Å². The molecule has 1 aromatic rings.